The molecule has 2 aromatic carbocycles. The van der Waals surface area contributed by atoms with E-state index in [1.165, 1.54) is 13.0 Å². The number of phenolic OH excluding ortho intramolecular Hbond substituents is 1. The third-order valence-electron chi connectivity index (χ3n) is 3.52. The molecule has 0 aliphatic rings. The van der Waals surface area contributed by atoms with Gasteiger partial charge in [0.15, 0.2) is 0 Å². The van der Waals surface area contributed by atoms with Crippen LogP contribution in [0, 0.1) is 20.8 Å². The minimum absolute atomic E-state index is 0.138. The highest BCUT2D eigenvalue weighted by Crippen LogP contribution is 2.33. The van der Waals surface area contributed by atoms with Gasteiger partial charge < -0.3 is 21.5 Å². The quantitative estimate of drug-likeness (QED) is 0.515. The first-order valence-corrected chi connectivity index (χ1v) is 7.03. The second-order valence-corrected chi connectivity index (χ2v) is 5.51. The molecule has 5 N–H and O–H groups in total. The lowest BCUT2D eigenvalue weighted by Gasteiger charge is -2.16. The molecule has 5 heteroatoms. The molecule has 0 saturated carbocycles. The van der Waals surface area contributed by atoms with Crippen LogP contribution >= 0.6 is 0 Å². The van der Waals surface area contributed by atoms with Gasteiger partial charge in [0.05, 0.1) is 11.4 Å². The maximum atomic E-state index is 11.3. The molecule has 0 aromatic heterocycles. The van der Waals surface area contributed by atoms with Crippen LogP contribution in [0.25, 0.3) is 0 Å². The van der Waals surface area contributed by atoms with Crippen LogP contribution in [0.2, 0.25) is 0 Å². The summed E-state index contributed by atoms with van der Waals surface area (Å²) in [6.07, 6.45) is 0. The molecule has 5 nitrogen and oxygen atoms in total. The number of rotatable bonds is 3. The molecule has 0 atom stereocenters. The predicted octanol–water partition coefficient (Wildman–Crippen LogP) is 3.60. The molecule has 2 rings (SSSR count). The average molecular weight is 299 g/mol. The number of nitrogens with one attached hydrogen (secondary N) is 2. The number of carbonyl (C=O) groups is 1. The fourth-order valence-corrected chi connectivity index (χ4v) is 2.30. The standard InChI is InChI=1S/C17H21N3O2/c1-9-7-14(15(8-16(9)22)19-12(4)21)20-13-5-10(2)17(18)11(3)6-13/h5-8,20,22H,18H2,1-4H3,(H,19,21). The summed E-state index contributed by atoms with van der Waals surface area (Å²) in [5.41, 5.74) is 11.6. The highest BCUT2D eigenvalue weighted by molar-refractivity contribution is 5.94. The molecule has 22 heavy (non-hydrogen) atoms. The predicted molar refractivity (Wildman–Crippen MR) is 90.8 cm³/mol. The minimum atomic E-state index is -0.198. The fourth-order valence-electron chi connectivity index (χ4n) is 2.30. The molecular weight excluding hydrogens is 278 g/mol. The van der Waals surface area contributed by atoms with Crippen molar-refractivity contribution in [3.63, 3.8) is 0 Å². The van der Waals surface area contributed by atoms with Crippen molar-refractivity contribution in [1.29, 1.82) is 0 Å². The van der Waals surface area contributed by atoms with Gasteiger partial charge >= 0.3 is 0 Å². The van der Waals surface area contributed by atoms with Crippen LogP contribution in [0.15, 0.2) is 24.3 Å². The summed E-state index contributed by atoms with van der Waals surface area (Å²) < 4.78 is 0. The van der Waals surface area contributed by atoms with Crippen molar-refractivity contribution in [1.82, 2.24) is 0 Å². The fraction of sp³-hybridized carbons (Fsp3) is 0.235. The number of anilines is 4. The zero-order valence-electron chi connectivity index (χ0n) is 13.2. The molecule has 0 aliphatic carbocycles. The number of hydrogen-bond donors (Lipinski definition) is 4. The van der Waals surface area contributed by atoms with Crippen molar-refractivity contribution in [2.45, 2.75) is 27.7 Å². The number of hydrogen-bond acceptors (Lipinski definition) is 4. The first-order chi connectivity index (χ1) is 10.3. The summed E-state index contributed by atoms with van der Waals surface area (Å²) in [5.74, 6) is -0.0602. The van der Waals surface area contributed by atoms with Crippen LogP contribution < -0.4 is 16.4 Å². The van der Waals surface area contributed by atoms with Crippen LogP contribution in [0.3, 0.4) is 0 Å². The number of nitrogen functional groups attached to an aromatic ring is 1. The van der Waals surface area contributed by atoms with Gasteiger partial charge in [-0.05, 0) is 55.7 Å². The maximum Gasteiger partial charge on any atom is 0.221 e. The molecule has 1 amide bonds. The summed E-state index contributed by atoms with van der Waals surface area (Å²) in [4.78, 5) is 11.3. The monoisotopic (exact) mass is 299 g/mol. The van der Waals surface area contributed by atoms with Crippen LogP contribution in [0.4, 0.5) is 22.7 Å². The van der Waals surface area contributed by atoms with Gasteiger partial charge in [-0.15, -0.1) is 0 Å². The van der Waals surface area contributed by atoms with Crippen molar-refractivity contribution in [2.75, 3.05) is 16.4 Å². The number of aryl methyl sites for hydroxylation is 3. The van der Waals surface area contributed by atoms with Crippen molar-refractivity contribution in [2.24, 2.45) is 0 Å². The van der Waals surface area contributed by atoms with Crippen LogP contribution in [0.5, 0.6) is 5.75 Å². The van der Waals surface area contributed by atoms with E-state index in [4.69, 9.17) is 5.73 Å². The number of phenols is 1. The number of amides is 1. The lowest BCUT2D eigenvalue weighted by atomic mass is 10.1. The van der Waals surface area contributed by atoms with Crippen molar-refractivity contribution < 1.29 is 9.90 Å². The number of aromatic hydroxyl groups is 1. The molecule has 0 fully saturated rings. The summed E-state index contributed by atoms with van der Waals surface area (Å²) in [7, 11) is 0. The van der Waals surface area contributed by atoms with Gasteiger partial charge in [-0.25, -0.2) is 0 Å². The Morgan fingerprint density at radius 2 is 1.59 bits per heavy atom. The molecule has 0 saturated heterocycles. The number of benzene rings is 2. The lowest BCUT2D eigenvalue weighted by molar-refractivity contribution is -0.114. The van der Waals surface area contributed by atoms with Crippen molar-refractivity contribution >= 4 is 28.7 Å². The Morgan fingerprint density at radius 3 is 2.14 bits per heavy atom. The Bertz CT molecular complexity index is 716. The molecular formula is C17H21N3O2. The van der Waals surface area contributed by atoms with Gasteiger partial charge in [0, 0.05) is 24.4 Å². The van der Waals surface area contributed by atoms with E-state index in [2.05, 4.69) is 10.6 Å². The highest BCUT2D eigenvalue weighted by Gasteiger charge is 2.10. The number of nitrogens with two attached hydrogens (primary N) is 1. The third-order valence-corrected chi connectivity index (χ3v) is 3.52. The Labute approximate surface area is 130 Å². The normalized spacial score (nSPS) is 10.4. The van der Waals surface area contributed by atoms with Crippen LogP contribution in [-0.2, 0) is 4.79 Å². The van der Waals surface area contributed by atoms with Gasteiger partial charge in [0.25, 0.3) is 0 Å². The molecule has 0 radical (unpaired) electrons. The smallest absolute Gasteiger partial charge is 0.221 e. The summed E-state index contributed by atoms with van der Waals surface area (Å²) in [6.45, 7) is 7.13. The zero-order valence-corrected chi connectivity index (χ0v) is 13.2. The van der Waals surface area contributed by atoms with E-state index in [0.29, 0.717) is 11.4 Å². The highest BCUT2D eigenvalue weighted by atomic mass is 16.3. The average Bonchev–Trinajstić information content (AvgIpc) is 2.41. The molecule has 0 unspecified atom stereocenters. The Kier molecular flexibility index (Phi) is 4.26. The second-order valence-electron chi connectivity index (χ2n) is 5.51. The van der Waals surface area contributed by atoms with E-state index >= 15 is 0 Å². The van der Waals surface area contributed by atoms with E-state index in [1.54, 1.807) is 13.0 Å². The van der Waals surface area contributed by atoms with Crippen LogP contribution in [0.1, 0.15) is 23.6 Å². The van der Waals surface area contributed by atoms with Gasteiger partial charge in [-0.1, -0.05) is 0 Å². The zero-order chi connectivity index (χ0) is 16.4. The Balaban J connectivity index is 2.44. The minimum Gasteiger partial charge on any atom is -0.508 e. The van der Waals surface area contributed by atoms with Crippen molar-refractivity contribution in [3.8, 4) is 5.75 Å². The first kappa shape index (κ1) is 15.7. The van der Waals surface area contributed by atoms with E-state index in [1.807, 2.05) is 26.0 Å². The van der Waals surface area contributed by atoms with Gasteiger partial charge in [-0.2, -0.15) is 0 Å². The SMILES string of the molecule is CC(=O)Nc1cc(O)c(C)cc1Nc1cc(C)c(N)c(C)c1. The van der Waals surface area contributed by atoms with E-state index in [-0.39, 0.29) is 11.7 Å². The Hall–Kier alpha value is -2.69. The second kappa shape index (κ2) is 5.97. The molecule has 0 aliphatic heterocycles. The summed E-state index contributed by atoms with van der Waals surface area (Å²) >= 11 is 0. The largest absolute Gasteiger partial charge is 0.508 e. The molecule has 2 aromatic rings. The third kappa shape index (κ3) is 3.31. The van der Waals surface area contributed by atoms with Gasteiger partial charge in [0.2, 0.25) is 5.91 Å². The molecule has 0 bridgehead atoms. The van der Waals surface area contributed by atoms with Crippen molar-refractivity contribution in [3.05, 3.63) is 41.0 Å². The summed E-state index contributed by atoms with van der Waals surface area (Å²) in [5, 5.41) is 15.8. The molecule has 116 valence electrons. The van der Waals surface area contributed by atoms with Gasteiger partial charge in [0.1, 0.15) is 5.75 Å². The topological polar surface area (TPSA) is 87.4 Å². The van der Waals surface area contributed by atoms with E-state index < -0.39 is 0 Å². The van der Waals surface area contributed by atoms with E-state index in [9.17, 15) is 9.90 Å². The molecule has 0 spiro atoms. The summed E-state index contributed by atoms with van der Waals surface area (Å²) in [6, 6.07) is 7.22. The van der Waals surface area contributed by atoms with E-state index in [0.717, 1.165) is 28.1 Å². The van der Waals surface area contributed by atoms with Gasteiger partial charge in [-0.3, -0.25) is 4.79 Å². The van der Waals surface area contributed by atoms with Crippen LogP contribution in [-0.4, -0.2) is 11.0 Å². The maximum absolute atomic E-state index is 11.3. The Morgan fingerprint density at radius 1 is 1.00 bits per heavy atom. The molecule has 0 heterocycles. The first-order valence-electron chi connectivity index (χ1n) is 7.03. The lowest BCUT2D eigenvalue weighted by Crippen LogP contribution is -2.08. The number of carbonyl (C=O) groups excluding carboxylic acids is 1.